The van der Waals surface area contributed by atoms with Gasteiger partial charge in [-0.1, -0.05) is 6.07 Å². The maximum atomic E-state index is 12.1. The van der Waals surface area contributed by atoms with Gasteiger partial charge < -0.3 is 19.5 Å². The van der Waals surface area contributed by atoms with Crippen molar-refractivity contribution in [3.05, 3.63) is 54.1 Å². The molecule has 2 rings (SSSR count). The number of methoxy groups -OCH3 is 2. The van der Waals surface area contributed by atoms with E-state index in [4.69, 9.17) is 14.2 Å². The van der Waals surface area contributed by atoms with E-state index in [1.165, 1.54) is 11.0 Å². The van der Waals surface area contributed by atoms with Crippen LogP contribution in [0.4, 0.5) is 16.2 Å². The van der Waals surface area contributed by atoms with Gasteiger partial charge in [0, 0.05) is 24.5 Å². The van der Waals surface area contributed by atoms with E-state index < -0.39 is 6.09 Å². The molecule has 0 heterocycles. The van der Waals surface area contributed by atoms with Gasteiger partial charge in [0.15, 0.2) is 11.5 Å². The fraction of sp³-hybridized carbons (Fsp3) is 0.238. The Kier molecular flexibility index (Phi) is 7.45. The predicted octanol–water partition coefficient (Wildman–Crippen LogP) is 3.95. The third-order valence-electron chi connectivity index (χ3n) is 3.90. The lowest BCUT2D eigenvalue weighted by atomic mass is 10.2. The van der Waals surface area contributed by atoms with Gasteiger partial charge in [0.1, 0.15) is 0 Å². The predicted molar refractivity (Wildman–Crippen MR) is 109 cm³/mol. The summed E-state index contributed by atoms with van der Waals surface area (Å²) in [5.41, 5.74) is 2.08. The SMILES string of the molecule is CCOC(=O)N(C)c1ccc(NC(=O)C=Cc2ccc(OC)c(OC)c2)cc1. The van der Waals surface area contributed by atoms with Gasteiger partial charge in [-0.25, -0.2) is 4.79 Å². The van der Waals surface area contributed by atoms with E-state index in [-0.39, 0.29) is 5.91 Å². The molecule has 0 saturated heterocycles. The normalized spacial score (nSPS) is 10.4. The van der Waals surface area contributed by atoms with Gasteiger partial charge in [-0.2, -0.15) is 0 Å². The number of benzene rings is 2. The van der Waals surface area contributed by atoms with Crippen LogP contribution in [0.1, 0.15) is 12.5 Å². The van der Waals surface area contributed by atoms with Gasteiger partial charge in [-0.15, -0.1) is 0 Å². The smallest absolute Gasteiger partial charge is 0.413 e. The molecule has 0 aliphatic carbocycles. The van der Waals surface area contributed by atoms with Crippen LogP contribution in [0.3, 0.4) is 0 Å². The van der Waals surface area contributed by atoms with Gasteiger partial charge in [0.2, 0.25) is 5.91 Å². The Morgan fingerprint density at radius 3 is 2.32 bits per heavy atom. The molecular weight excluding hydrogens is 360 g/mol. The zero-order chi connectivity index (χ0) is 20.5. The Labute approximate surface area is 164 Å². The minimum Gasteiger partial charge on any atom is -0.493 e. The first kappa shape index (κ1) is 20.8. The van der Waals surface area contributed by atoms with Crippen LogP contribution in [0.25, 0.3) is 6.08 Å². The molecule has 0 fully saturated rings. The van der Waals surface area contributed by atoms with Crippen molar-refractivity contribution in [1.82, 2.24) is 0 Å². The number of rotatable bonds is 7. The second-order valence-electron chi connectivity index (χ2n) is 5.74. The number of ether oxygens (including phenoxy) is 3. The summed E-state index contributed by atoms with van der Waals surface area (Å²) >= 11 is 0. The monoisotopic (exact) mass is 384 g/mol. The van der Waals surface area contributed by atoms with Gasteiger partial charge in [0.25, 0.3) is 0 Å². The first-order valence-corrected chi connectivity index (χ1v) is 8.70. The number of amides is 2. The maximum Gasteiger partial charge on any atom is 0.413 e. The molecule has 7 nitrogen and oxygen atoms in total. The van der Waals surface area contributed by atoms with Gasteiger partial charge in [-0.3, -0.25) is 9.69 Å². The van der Waals surface area contributed by atoms with Crippen LogP contribution in [0, 0.1) is 0 Å². The largest absolute Gasteiger partial charge is 0.493 e. The molecule has 28 heavy (non-hydrogen) atoms. The van der Waals surface area contributed by atoms with E-state index in [9.17, 15) is 9.59 Å². The van der Waals surface area contributed by atoms with E-state index in [0.717, 1.165) is 5.56 Å². The van der Waals surface area contributed by atoms with Crippen molar-refractivity contribution >= 4 is 29.5 Å². The highest BCUT2D eigenvalue weighted by atomic mass is 16.6. The van der Waals surface area contributed by atoms with Crippen LogP contribution in [0.2, 0.25) is 0 Å². The molecule has 0 unspecified atom stereocenters. The topological polar surface area (TPSA) is 77.1 Å². The zero-order valence-corrected chi connectivity index (χ0v) is 16.4. The van der Waals surface area contributed by atoms with Crippen molar-refractivity contribution in [1.29, 1.82) is 0 Å². The number of nitrogens with one attached hydrogen (secondary N) is 1. The molecule has 0 aliphatic rings. The van der Waals surface area contributed by atoms with E-state index in [0.29, 0.717) is 29.5 Å². The average Bonchev–Trinajstić information content (AvgIpc) is 2.72. The summed E-state index contributed by atoms with van der Waals surface area (Å²) in [6, 6.07) is 12.3. The first-order chi connectivity index (χ1) is 13.5. The van der Waals surface area contributed by atoms with Crippen LogP contribution in [-0.4, -0.2) is 39.9 Å². The maximum absolute atomic E-state index is 12.1. The molecule has 0 aliphatic heterocycles. The van der Waals surface area contributed by atoms with E-state index >= 15 is 0 Å². The highest BCUT2D eigenvalue weighted by molar-refractivity contribution is 6.02. The third kappa shape index (κ3) is 5.51. The first-order valence-electron chi connectivity index (χ1n) is 8.70. The molecule has 0 spiro atoms. The quantitative estimate of drug-likeness (QED) is 0.732. The second-order valence-corrected chi connectivity index (χ2v) is 5.74. The molecule has 2 aromatic carbocycles. The van der Waals surface area contributed by atoms with Crippen molar-refractivity contribution in [3.8, 4) is 11.5 Å². The second kappa shape index (κ2) is 10.0. The van der Waals surface area contributed by atoms with Crippen molar-refractivity contribution < 1.29 is 23.8 Å². The number of anilines is 2. The number of carbonyl (C=O) groups excluding carboxylic acids is 2. The van der Waals surface area contributed by atoms with Gasteiger partial charge >= 0.3 is 6.09 Å². The van der Waals surface area contributed by atoms with Crippen molar-refractivity contribution in [3.63, 3.8) is 0 Å². The number of carbonyl (C=O) groups is 2. The Hall–Kier alpha value is -3.48. The molecule has 2 amide bonds. The zero-order valence-electron chi connectivity index (χ0n) is 16.4. The standard InChI is InChI=1S/C21H24N2O5/c1-5-28-21(25)23(2)17-10-8-16(9-11-17)22-20(24)13-7-15-6-12-18(26-3)19(14-15)27-4/h6-14H,5H2,1-4H3,(H,22,24). The van der Waals surface area contributed by atoms with E-state index in [1.54, 1.807) is 70.7 Å². The molecule has 2 aromatic rings. The molecular formula is C21H24N2O5. The molecule has 7 heteroatoms. The Bertz CT molecular complexity index is 846. The van der Waals surface area contributed by atoms with Crippen molar-refractivity contribution in [2.75, 3.05) is 38.1 Å². The van der Waals surface area contributed by atoms with Gasteiger partial charge in [0.05, 0.1) is 20.8 Å². The fourth-order valence-corrected chi connectivity index (χ4v) is 2.41. The summed E-state index contributed by atoms with van der Waals surface area (Å²) in [5.74, 6) is 0.935. The fourth-order valence-electron chi connectivity index (χ4n) is 2.41. The Morgan fingerprint density at radius 2 is 1.71 bits per heavy atom. The molecule has 148 valence electrons. The highest BCUT2D eigenvalue weighted by Gasteiger charge is 2.11. The summed E-state index contributed by atoms with van der Waals surface area (Å²) in [7, 11) is 4.75. The highest BCUT2D eigenvalue weighted by Crippen LogP contribution is 2.28. The van der Waals surface area contributed by atoms with Crippen LogP contribution in [0.5, 0.6) is 11.5 Å². The summed E-state index contributed by atoms with van der Waals surface area (Å²) in [5, 5.41) is 2.77. The lowest BCUT2D eigenvalue weighted by Crippen LogP contribution is -2.26. The van der Waals surface area contributed by atoms with Crippen molar-refractivity contribution in [2.24, 2.45) is 0 Å². The average molecular weight is 384 g/mol. The molecule has 0 bridgehead atoms. The molecule has 0 saturated carbocycles. The summed E-state index contributed by atoms with van der Waals surface area (Å²) < 4.78 is 15.4. The summed E-state index contributed by atoms with van der Waals surface area (Å²) in [6.45, 7) is 2.06. The van der Waals surface area contributed by atoms with Crippen LogP contribution in [-0.2, 0) is 9.53 Å². The Morgan fingerprint density at radius 1 is 1.04 bits per heavy atom. The minimum atomic E-state index is -0.433. The third-order valence-corrected chi connectivity index (χ3v) is 3.90. The number of nitrogens with zero attached hydrogens (tertiary/aromatic N) is 1. The minimum absolute atomic E-state index is 0.277. The van der Waals surface area contributed by atoms with Crippen molar-refractivity contribution in [2.45, 2.75) is 6.92 Å². The van der Waals surface area contributed by atoms with Crippen LogP contribution in [0.15, 0.2) is 48.5 Å². The summed E-state index contributed by atoms with van der Waals surface area (Å²) in [4.78, 5) is 25.3. The lowest BCUT2D eigenvalue weighted by Gasteiger charge is -2.16. The summed E-state index contributed by atoms with van der Waals surface area (Å²) in [6.07, 6.45) is 2.68. The molecule has 0 atom stereocenters. The lowest BCUT2D eigenvalue weighted by molar-refractivity contribution is -0.111. The van der Waals surface area contributed by atoms with E-state index in [1.807, 2.05) is 6.07 Å². The molecule has 0 aromatic heterocycles. The molecule has 1 N–H and O–H groups in total. The molecule has 0 radical (unpaired) electrons. The number of hydrogen-bond acceptors (Lipinski definition) is 5. The van der Waals surface area contributed by atoms with Crippen LogP contribution < -0.4 is 19.7 Å². The van der Waals surface area contributed by atoms with Crippen LogP contribution >= 0.6 is 0 Å². The van der Waals surface area contributed by atoms with E-state index in [2.05, 4.69) is 5.32 Å². The Balaban J connectivity index is 1.99. The van der Waals surface area contributed by atoms with Gasteiger partial charge in [-0.05, 0) is 55.0 Å². The number of hydrogen-bond donors (Lipinski definition) is 1.